The molecule has 0 aliphatic heterocycles. The fourth-order valence-electron chi connectivity index (χ4n) is 3.04. The van der Waals surface area contributed by atoms with Gasteiger partial charge < -0.3 is 19.3 Å². The highest BCUT2D eigenvalue weighted by Crippen LogP contribution is 2.41. The number of nitrogens with one attached hydrogen (secondary N) is 1. The zero-order valence-electron chi connectivity index (χ0n) is 20.2. The van der Waals surface area contributed by atoms with Crippen LogP contribution in [0.2, 0.25) is 0 Å². The quantitative estimate of drug-likeness (QED) is 0.295. The first-order chi connectivity index (χ1) is 16.6. The summed E-state index contributed by atoms with van der Waals surface area (Å²) in [6, 6.07) is 13.5. The summed E-state index contributed by atoms with van der Waals surface area (Å²) in [4.78, 5) is 8.70. The summed E-state index contributed by atoms with van der Waals surface area (Å²) in [6.07, 6.45) is 1.75. The summed E-state index contributed by atoms with van der Waals surface area (Å²) in [5.74, 6) is 0.532. The molecule has 9 nitrogen and oxygen atoms in total. The number of benzene rings is 2. The molecule has 0 radical (unpaired) electrons. The van der Waals surface area contributed by atoms with E-state index in [4.69, 9.17) is 14.2 Å². The van der Waals surface area contributed by atoms with Gasteiger partial charge in [0.2, 0.25) is 5.75 Å². The molecular formula is C24H29N3O6S2. The molecular weight excluding hydrogens is 490 g/mol. The Kier molecular flexibility index (Phi) is 8.47. The minimum absolute atomic E-state index is 0.0231. The topological polar surface area (TPSA) is 120 Å². The van der Waals surface area contributed by atoms with Gasteiger partial charge in [-0.1, -0.05) is 56.8 Å². The Morgan fingerprint density at radius 2 is 1.69 bits per heavy atom. The highest BCUT2D eigenvalue weighted by atomic mass is 32.2. The van der Waals surface area contributed by atoms with Gasteiger partial charge in [-0.3, -0.25) is 4.72 Å². The van der Waals surface area contributed by atoms with Crippen LogP contribution in [0.4, 0.5) is 5.82 Å². The van der Waals surface area contributed by atoms with Crippen LogP contribution in [0, 0.1) is 0 Å². The maximum Gasteiger partial charge on any atom is 0.264 e. The van der Waals surface area contributed by atoms with Crippen LogP contribution in [0.5, 0.6) is 23.1 Å². The van der Waals surface area contributed by atoms with Crippen LogP contribution in [-0.4, -0.2) is 50.1 Å². The van der Waals surface area contributed by atoms with Crippen molar-refractivity contribution in [2.75, 3.05) is 31.3 Å². The smallest absolute Gasteiger partial charge is 0.264 e. The van der Waals surface area contributed by atoms with Crippen molar-refractivity contribution < 1.29 is 27.7 Å². The first-order valence-electron chi connectivity index (χ1n) is 10.7. The summed E-state index contributed by atoms with van der Waals surface area (Å²) >= 11 is 1.20. The predicted molar refractivity (Wildman–Crippen MR) is 135 cm³/mol. The number of aliphatic hydroxyl groups excluding tert-OH is 1. The molecule has 0 spiro atoms. The number of aliphatic hydroxyl groups is 1. The van der Waals surface area contributed by atoms with E-state index in [0.717, 1.165) is 5.56 Å². The van der Waals surface area contributed by atoms with Gasteiger partial charge in [-0.2, -0.15) is 4.98 Å². The number of hydrogen-bond acceptors (Lipinski definition) is 9. The van der Waals surface area contributed by atoms with Crippen molar-refractivity contribution in [3.63, 3.8) is 0 Å². The highest BCUT2D eigenvalue weighted by molar-refractivity contribution is 7.98. The van der Waals surface area contributed by atoms with Crippen molar-refractivity contribution >= 4 is 27.6 Å². The molecule has 0 aliphatic carbocycles. The summed E-state index contributed by atoms with van der Waals surface area (Å²) in [6.45, 7) is 5.81. The van der Waals surface area contributed by atoms with Crippen LogP contribution in [0.3, 0.4) is 0 Å². The average Bonchev–Trinajstić information content (AvgIpc) is 2.83. The molecule has 0 saturated heterocycles. The predicted octanol–water partition coefficient (Wildman–Crippen LogP) is 4.47. The lowest BCUT2D eigenvalue weighted by Gasteiger charge is -2.20. The molecule has 3 rings (SSSR count). The van der Waals surface area contributed by atoms with Gasteiger partial charge in [0, 0.05) is 0 Å². The van der Waals surface area contributed by atoms with E-state index in [9.17, 15) is 13.5 Å². The van der Waals surface area contributed by atoms with Gasteiger partial charge in [-0.15, -0.1) is 0 Å². The summed E-state index contributed by atoms with van der Waals surface area (Å²) in [5.41, 5.74) is 0.882. The Labute approximate surface area is 209 Å². The van der Waals surface area contributed by atoms with Crippen molar-refractivity contribution in [3.8, 4) is 23.1 Å². The standard InChI is InChI=1S/C24H29N3O6S2/c1-24(2,3)16-10-12-17(13-11-16)35(29,30)27-21-20(33-19-9-7-6-8-18(19)31-4)22(32-15-14-28)26-23(25-21)34-5/h6-13,28H,14-15H2,1-5H3,(H,25,26,27). The maximum absolute atomic E-state index is 13.3. The second-order valence-corrected chi connectivity index (χ2v) is 10.9. The Bertz CT molecular complexity index is 1260. The second-order valence-electron chi connectivity index (χ2n) is 8.40. The number of rotatable bonds is 10. The number of hydrogen-bond donors (Lipinski definition) is 2. The fraction of sp³-hybridized carbons (Fsp3) is 0.333. The van der Waals surface area contributed by atoms with Crippen molar-refractivity contribution in [3.05, 3.63) is 54.1 Å². The van der Waals surface area contributed by atoms with Gasteiger partial charge in [0.1, 0.15) is 6.61 Å². The van der Waals surface area contributed by atoms with Crippen LogP contribution < -0.4 is 18.9 Å². The van der Waals surface area contributed by atoms with Gasteiger partial charge >= 0.3 is 0 Å². The maximum atomic E-state index is 13.3. The molecule has 1 aromatic heterocycles. The van der Waals surface area contributed by atoms with Crippen LogP contribution in [0.1, 0.15) is 26.3 Å². The van der Waals surface area contributed by atoms with E-state index in [-0.39, 0.29) is 46.1 Å². The third-order valence-electron chi connectivity index (χ3n) is 4.87. The number of ether oxygens (including phenoxy) is 3. The normalized spacial score (nSPS) is 11.7. The third kappa shape index (κ3) is 6.56. The molecule has 0 bridgehead atoms. The molecule has 35 heavy (non-hydrogen) atoms. The number of nitrogens with zero attached hydrogens (tertiary/aromatic N) is 2. The number of sulfonamides is 1. The second kappa shape index (κ2) is 11.1. The Morgan fingerprint density at radius 1 is 1.03 bits per heavy atom. The number of methoxy groups -OCH3 is 1. The molecule has 0 aliphatic rings. The van der Waals surface area contributed by atoms with E-state index in [1.165, 1.54) is 18.9 Å². The van der Waals surface area contributed by atoms with E-state index in [1.54, 1.807) is 54.8 Å². The summed E-state index contributed by atoms with van der Waals surface area (Å²) < 4.78 is 46.0. The zero-order chi connectivity index (χ0) is 25.6. The number of thioether (sulfide) groups is 1. The van der Waals surface area contributed by atoms with Gasteiger partial charge in [0.25, 0.3) is 15.9 Å². The van der Waals surface area contributed by atoms with Crippen LogP contribution in [-0.2, 0) is 15.4 Å². The Hall–Kier alpha value is -3.02. The lowest BCUT2D eigenvalue weighted by atomic mass is 9.87. The zero-order valence-corrected chi connectivity index (χ0v) is 21.9. The van der Waals surface area contributed by atoms with Crippen molar-refractivity contribution in [1.82, 2.24) is 9.97 Å². The number of para-hydroxylation sites is 2. The van der Waals surface area contributed by atoms with E-state index >= 15 is 0 Å². The van der Waals surface area contributed by atoms with Gasteiger partial charge in [0.15, 0.2) is 22.5 Å². The Balaban J connectivity index is 2.08. The van der Waals surface area contributed by atoms with Gasteiger partial charge in [-0.25, -0.2) is 13.4 Å². The summed E-state index contributed by atoms with van der Waals surface area (Å²) in [5, 5.41) is 9.51. The third-order valence-corrected chi connectivity index (χ3v) is 6.77. The van der Waals surface area contributed by atoms with E-state index < -0.39 is 10.0 Å². The van der Waals surface area contributed by atoms with E-state index in [0.29, 0.717) is 11.5 Å². The largest absolute Gasteiger partial charge is 0.493 e. The van der Waals surface area contributed by atoms with E-state index in [1.807, 2.05) is 0 Å². The van der Waals surface area contributed by atoms with Gasteiger partial charge in [0.05, 0.1) is 18.6 Å². The molecule has 0 atom stereocenters. The number of aromatic nitrogens is 2. The van der Waals surface area contributed by atoms with Gasteiger partial charge in [-0.05, 0) is 41.5 Å². The monoisotopic (exact) mass is 519 g/mol. The van der Waals surface area contributed by atoms with Crippen molar-refractivity contribution in [1.29, 1.82) is 0 Å². The van der Waals surface area contributed by atoms with Crippen molar-refractivity contribution in [2.24, 2.45) is 0 Å². The van der Waals surface area contributed by atoms with Crippen LogP contribution in [0.15, 0.2) is 58.6 Å². The van der Waals surface area contributed by atoms with E-state index in [2.05, 4.69) is 35.5 Å². The first kappa shape index (κ1) is 26.6. The molecule has 0 saturated carbocycles. The van der Waals surface area contributed by atoms with Crippen LogP contribution in [0.25, 0.3) is 0 Å². The lowest BCUT2D eigenvalue weighted by Crippen LogP contribution is -2.17. The molecule has 1 heterocycles. The Morgan fingerprint density at radius 3 is 2.26 bits per heavy atom. The summed E-state index contributed by atoms with van der Waals surface area (Å²) in [7, 11) is -2.54. The molecule has 3 aromatic rings. The lowest BCUT2D eigenvalue weighted by molar-refractivity contribution is 0.191. The molecule has 0 unspecified atom stereocenters. The molecule has 0 amide bonds. The number of anilines is 1. The fourth-order valence-corrected chi connectivity index (χ4v) is 4.40. The average molecular weight is 520 g/mol. The minimum atomic E-state index is -4.03. The molecule has 188 valence electrons. The van der Waals surface area contributed by atoms with Crippen LogP contribution >= 0.6 is 11.8 Å². The van der Waals surface area contributed by atoms with Crippen molar-refractivity contribution in [2.45, 2.75) is 36.2 Å². The SMILES string of the molecule is COc1ccccc1Oc1c(NS(=O)(=O)c2ccc(C(C)(C)C)cc2)nc(SC)nc1OCCO. The molecule has 11 heteroatoms. The highest BCUT2D eigenvalue weighted by Gasteiger charge is 2.25. The molecule has 2 aromatic carbocycles. The molecule has 0 fully saturated rings. The molecule has 2 N–H and O–H groups in total. The first-order valence-corrected chi connectivity index (χ1v) is 13.4. The minimum Gasteiger partial charge on any atom is -0.493 e.